The third-order valence-electron chi connectivity index (χ3n) is 5.09. The number of thioether (sulfide) groups is 2. The number of nitrogens with one attached hydrogen (secondary N) is 2. The molecular weight excluding hydrogens is 562 g/mol. The largest absolute Gasteiger partial charge is 0.465 e. The molecule has 4 N–H and O–H groups in total. The quantitative estimate of drug-likeness (QED) is 0.0934. The Morgan fingerprint density at radius 3 is 1.90 bits per heavy atom. The Morgan fingerprint density at radius 2 is 1.40 bits per heavy atom. The standard InChI is InChI=1S/C26H29N3O9S2/c1-26(27,15-40-24(34)17-12-8-5-9-13-17)25(35)38-29-20(22(32)36-3)37-21(31)19(28-2)18(30)14-39-23(33)16-10-6-4-7-11-16/h4-13,19-20,28-29H,14-15,27H2,1-3H3. The first kappa shape index (κ1) is 32.7. The lowest BCUT2D eigenvalue weighted by molar-refractivity contribution is -0.188. The molecule has 2 aromatic rings. The van der Waals surface area contributed by atoms with Crippen LogP contribution in [0.4, 0.5) is 0 Å². The van der Waals surface area contributed by atoms with Crippen LogP contribution in [0.5, 0.6) is 0 Å². The number of carbonyl (C=O) groups is 6. The molecule has 0 aliphatic rings. The van der Waals surface area contributed by atoms with E-state index in [0.717, 1.165) is 18.9 Å². The van der Waals surface area contributed by atoms with Gasteiger partial charge in [-0.15, -0.1) is 5.48 Å². The number of nitrogens with two attached hydrogens (primary N) is 1. The van der Waals surface area contributed by atoms with Crippen molar-refractivity contribution < 1.29 is 43.1 Å². The van der Waals surface area contributed by atoms with Gasteiger partial charge in [0, 0.05) is 16.9 Å². The zero-order valence-electron chi connectivity index (χ0n) is 21.9. The molecule has 0 aliphatic carbocycles. The number of hydrogen-bond acceptors (Lipinski definition) is 14. The molecule has 214 valence electrons. The van der Waals surface area contributed by atoms with Gasteiger partial charge < -0.3 is 25.4 Å². The zero-order chi connectivity index (χ0) is 29.7. The average molecular weight is 592 g/mol. The fourth-order valence-electron chi connectivity index (χ4n) is 2.85. The summed E-state index contributed by atoms with van der Waals surface area (Å²) >= 11 is 1.49. The molecule has 0 heterocycles. The third kappa shape index (κ3) is 9.88. The Bertz CT molecular complexity index is 1210. The van der Waals surface area contributed by atoms with Crippen LogP contribution in [-0.4, -0.2) is 77.4 Å². The molecule has 0 amide bonds. The summed E-state index contributed by atoms with van der Waals surface area (Å²) in [5.41, 5.74) is 7.10. The molecule has 0 saturated heterocycles. The van der Waals surface area contributed by atoms with Crippen LogP contribution in [0.1, 0.15) is 27.6 Å². The Hall–Kier alpha value is -3.56. The van der Waals surface area contributed by atoms with Crippen molar-refractivity contribution in [3.8, 4) is 0 Å². The number of likely N-dealkylation sites (N-methyl/N-ethyl adjacent to an activating group) is 1. The van der Waals surface area contributed by atoms with Gasteiger partial charge in [0.05, 0.1) is 12.9 Å². The maximum atomic E-state index is 12.7. The zero-order valence-corrected chi connectivity index (χ0v) is 23.5. The summed E-state index contributed by atoms with van der Waals surface area (Å²) < 4.78 is 9.57. The Labute approximate surface area is 239 Å². The van der Waals surface area contributed by atoms with E-state index in [4.69, 9.17) is 15.3 Å². The summed E-state index contributed by atoms with van der Waals surface area (Å²) in [4.78, 5) is 79.4. The number of ketones is 1. The topological polar surface area (TPSA) is 180 Å². The first-order chi connectivity index (χ1) is 19.0. The van der Waals surface area contributed by atoms with Gasteiger partial charge in [-0.05, 0) is 14.0 Å². The van der Waals surface area contributed by atoms with Crippen LogP contribution in [0.25, 0.3) is 0 Å². The molecule has 40 heavy (non-hydrogen) atoms. The Kier molecular flexibility index (Phi) is 13.0. The maximum absolute atomic E-state index is 12.7. The van der Waals surface area contributed by atoms with Gasteiger partial charge >= 0.3 is 17.9 Å². The predicted molar refractivity (Wildman–Crippen MR) is 148 cm³/mol. The van der Waals surface area contributed by atoms with Gasteiger partial charge in [0.2, 0.25) is 10.2 Å². The summed E-state index contributed by atoms with van der Waals surface area (Å²) in [5.74, 6) is -4.63. The van der Waals surface area contributed by atoms with E-state index in [1.165, 1.54) is 14.0 Å². The number of hydrogen-bond donors (Lipinski definition) is 3. The second-order valence-corrected chi connectivity index (χ2v) is 10.2. The number of Topliss-reactive ketones (excluding diaryl/α,β-unsaturated/α-hetero) is 1. The normalized spacial score (nSPS) is 13.7. The Morgan fingerprint density at radius 1 is 0.875 bits per heavy atom. The molecule has 3 unspecified atom stereocenters. The summed E-state index contributed by atoms with van der Waals surface area (Å²) in [5, 5.41) is 1.78. The highest BCUT2D eigenvalue weighted by molar-refractivity contribution is 8.14. The fraction of sp³-hybridized carbons (Fsp3) is 0.308. The van der Waals surface area contributed by atoms with E-state index in [1.54, 1.807) is 60.7 Å². The molecular formula is C26H29N3O9S2. The van der Waals surface area contributed by atoms with Gasteiger partial charge in [-0.1, -0.05) is 84.2 Å². The van der Waals surface area contributed by atoms with Gasteiger partial charge in [0.25, 0.3) is 6.23 Å². The number of esters is 2. The summed E-state index contributed by atoms with van der Waals surface area (Å²) in [6.45, 7) is 1.31. The van der Waals surface area contributed by atoms with E-state index < -0.39 is 41.5 Å². The average Bonchev–Trinajstić information content (AvgIpc) is 2.97. The first-order valence-electron chi connectivity index (χ1n) is 11.7. The molecule has 12 nitrogen and oxygen atoms in total. The molecule has 0 saturated carbocycles. The number of carbonyl (C=O) groups excluding carboxylic acids is 6. The monoisotopic (exact) mass is 591 g/mol. The predicted octanol–water partition coefficient (Wildman–Crippen LogP) is 1.10. The lowest BCUT2D eigenvalue weighted by atomic mass is 10.1. The van der Waals surface area contributed by atoms with Crippen molar-refractivity contribution in [2.75, 3.05) is 25.7 Å². The Balaban J connectivity index is 1.94. The second kappa shape index (κ2) is 15.9. The summed E-state index contributed by atoms with van der Waals surface area (Å²) in [6.07, 6.45) is -1.95. The van der Waals surface area contributed by atoms with Crippen LogP contribution in [0.15, 0.2) is 60.7 Å². The van der Waals surface area contributed by atoms with E-state index in [-0.39, 0.29) is 21.7 Å². The number of rotatable bonds is 14. The molecule has 0 spiro atoms. The first-order valence-corrected chi connectivity index (χ1v) is 13.7. The molecule has 0 fully saturated rings. The highest BCUT2D eigenvalue weighted by Crippen LogP contribution is 2.18. The summed E-state index contributed by atoms with van der Waals surface area (Å²) in [6, 6.07) is 15.1. The lowest BCUT2D eigenvalue weighted by Crippen LogP contribution is -2.54. The van der Waals surface area contributed by atoms with Gasteiger partial charge in [0.1, 0.15) is 5.54 Å². The van der Waals surface area contributed by atoms with Crippen LogP contribution in [0.3, 0.4) is 0 Å². The van der Waals surface area contributed by atoms with Crippen molar-refractivity contribution in [3.05, 3.63) is 71.8 Å². The van der Waals surface area contributed by atoms with E-state index in [0.29, 0.717) is 22.9 Å². The maximum Gasteiger partial charge on any atom is 0.365 e. The molecule has 14 heteroatoms. The van der Waals surface area contributed by atoms with Crippen LogP contribution in [-0.2, 0) is 33.5 Å². The van der Waals surface area contributed by atoms with Crippen molar-refractivity contribution in [3.63, 3.8) is 0 Å². The van der Waals surface area contributed by atoms with Crippen molar-refractivity contribution in [2.45, 2.75) is 24.7 Å². The number of methoxy groups -OCH3 is 1. The van der Waals surface area contributed by atoms with Crippen LogP contribution in [0.2, 0.25) is 0 Å². The molecule has 0 bridgehead atoms. The minimum absolute atomic E-state index is 0.167. The molecule has 0 aliphatic heterocycles. The van der Waals surface area contributed by atoms with E-state index >= 15 is 0 Å². The van der Waals surface area contributed by atoms with Gasteiger partial charge in [-0.3, -0.25) is 14.4 Å². The van der Waals surface area contributed by atoms with Gasteiger partial charge in [0.15, 0.2) is 11.8 Å². The van der Waals surface area contributed by atoms with Crippen molar-refractivity contribution >= 4 is 57.4 Å². The van der Waals surface area contributed by atoms with Gasteiger partial charge in [-0.25, -0.2) is 14.4 Å². The minimum atomic E-state index is -1.95. The van der Waals surface area contributed by atoms with Crippen molar-refractivity contribution in [2.24, 2.45) is 5.73 Å². The van der Waals surface area contributed by atoms with E-state index in [1.807, 2.05) is 5.48 Å². The van der Waals surface area contributed by atoms with Crippen molar-refractivity contribution in [1.82, 2.24) is 10.8 Å². The fourth-order valence-corrected chi connectivity index (χ4v) is 4.45. The SMILES string of the molecule is CNC(C(=O)CSC(=O)c1ccccc1)C(=O)OC(NOC(=O)C(C)(N)CSC(=O)c1ccccc1)C(=O)OC. The van der Waals surface area contributed by atoms with Gasteiger partial charge in [-0.2, -0.15) is 0 Å². The van der Waals surface area contributed by atoms with Crippen molar-refractivity contribution in [1.29, 1.82) is 0 Å². The molecule has 0 radical (unpaired) electrons. The minimum Gasteiger partial charge on any atom is -0.465 e. The molecule has 0 aromatic heterocycles. The lowest BCUT2D eigenvalue weighted by Gasteiger charge is -2.24. The second-order valence-electron chi connectivity index (χ2n) is 8.34. The van der Waals surface area contributed by atoms with E-state index in [2.05, 4.69) is 10.1 Å². The molecule has 3 atom stereocenters. The molecule has 2 rings (SSSR count). The number of hydroxylamine groups is 1. The van der Waals surface area contributed by atoms with Crippen LogP contribution in [0, 0.1) is 0 Å². The van der Waals surface area contributed by atoms with Crippen LogP contribution >= 0.6 is 23.5 Å². The smallest absolute Gasteiger partial charge is 0.365 e. The number of benzene rings is 2. The highest BCUT2D eigenvalue weighted by Gasteiger charge is 2.36. The van der Waals surface area contributed by atoms with E-state index in [9.17, 15) is 28.8 Å². The third-order valence-corrected chi connectivity index (χ3v) is 7.26. The van der Waals surface area contributed by atoms with Crippen LogP contribution < -0.4 is 16.5 Å². The molecule has 2 aromatic carbocycles. The highest BCUT2D eigenvalue weighted by atomic mass is 32.2. The summed E-state index contributed by atoms with van der Waals surface area (Å²) in [7, 11) is 2.31. The number of ether oxygens (including phenoxy) is 2.